The van der Waals surface area contributed by atoms with Gasteiger partial charge in [0.2, 0.25) is 0 Å². The lowest BCUT2D eigenvalue weighted by Crippen LogP contribution is -2.32. The molecule has 0 heterocycles. The van der Waals surface area contributed by atoms with Crippen molar-refractivity contribution >= 4 is 11.4 Å². The maximum absolute atomic E-state index is 9.60. The lowest BCUT2D eigenvalue weighted by Gasteiger charge is -2.30. The minimum absolute atomic E-state index is 0.0906. The van der Waals surface area contributed by atoms with Gasteiger partial charge < -0.3 is 20.9 Å². The van der Waals surface area contributed by atoms with Crippen LogP contribution in [0.25, 0.3) is 0 Å². The Hall–Kier alpha value is -1.42. The third-order valence-corrected chi connectivity index (χ3v) is 4.02. The van der Waals surface area contributed by atoms with E-state index >= 15 is 0 Å². The summed E-state index contributed by atoms with van der Waals surface area (Å²) in [6.45, 7) is 7.82. The molecule has 4 N–H and O–H groups in total. The molecule has 4 nitrogen and oxygen atoms in total. The summed E-state index contributed by atoms with van der Waals surface area (Å²) < 4.78 is 5.62. The molecule has 0 aliphatic heterocycles. The largest absolute Gasteiger partial charge is 0.491 e. The van der Waals surface area contributed by atoms with E-state index in [1.54, 1.807) is 0 Å². The van der Waals surface area contributed by atoms with Crippen molar-refractivity contribution in [3.05, 3.63) is 18.2 Å². The molecule has 0 aliphatic rings. The number of para-hydroxylation sites is 1. The standard InChI is InChI=1S/C16H28N2O2/c1-4-10-20-14-9-7-8-13(15(14)17)18-11-16(5-2,6-3)12-19/h7-9,18-19H,4-6,10-12,17H2,1-3H3. The second-order valence-corrected chi connectivity index (χ2v) is 5.28. The summed E-state index contributed by atoms with van der Waals surface area (Å²) in [6, 6.07) is 5.76. The number of ether oxygens (including phenoxy) is 1. The average Bonchev–Trinajstić information content (AvgIpc) is 2.49. The Labute approximate surface area is 122 Å². The van der Waals surface area contributed by atoms with Crippen LogP contribution < -0.4 is 15.8 Å². The molecule has 0 spiro atoms. The number of hydrogen-bond acceptors (Lipinski definition) is 4. The van der Waals surface area contributed by atoms with Crippen LogP contribution in [0, 0.1) is 5.41 Å². The number of anilines is 2. The fraction of sp³-hybridized carbons (Fsp3) is 0.625. The van der Waals surface area contributed by atoms with Crippen LogP contribution in [0.4, 0.5) is 11.4 Å². The van der Waals surface area contributed by atoms with Crippen LogP contribution in [0.3, 0.4) is 0 Å². The van der Waals surface area contributed by atoms with E-state index in [1.807, 2.05) is 18.2 Å². The van der Waals surface area contributed by atoms with Crippen LogP contribution >= 0.6 is 0 Å². The third kappa shape index (κ3) is 4.04. The summed E-state index contributed by atoms with van der Waals surface area (Å²) in [4.78, 5) is 0. The van der Waals surface area contributed by atoms with Crippen molar-refractivity contribution in [2.45, 2.75) is 40.0 Å². The summed E-state index contributed by atoms with van der Waals surface area (Å²) in [6.07, 6.45) is 2.81. The second-order valence-electron chi connectivity index (χ2n) is 5.28. The van der Waals surface area contributed by atoms with Gasteiger partial charge in [-0.05, 0) is 31.4 Å². The van der Waals surface area contributed by atoms with Crippen molar-refractivity contribution in [3.8, 4) is 5.75 Å². The fourth-order valence-electron chi connectivity index (χ4n) is 2.10. The molecule has 0 aliphatic carbocycles. The van der Waals surface area contributed by atoms with Crippen LogP contribution in [0.15, 0.2) is 18.2 Å². The molecular weight excluding hydrogens is 252 g/mol. The van der Waals surface area contributed by atoms with Gasteiger partial charge in [-0.15, -0.1) is 0 Å². The molecule has 0 radical (unpaired) electrons. The Kier molecular flexibility index (Phi) is 6.65. The highest BCUT2D eigenvalue weighted by molar-refractivity contribution is 5.72. The van der Waals surface area contributed by atoms with Gasteiger partial charge >= 0.3 is 0 Å². The first-order chi connectivity index (χ1) is 9.62. The Bertz CT molecular complexity index is 395. The highest BCUT2D eigenvalue weighted by Gasteiger charge is 2.25. The molecule has 0 unspecified atom stereocenters. The molecule has 0 fully saturated rings. The highest BCUT2D eigenvalue weighted by Crippen LogP contribution is 2.32. The van der Waals surface area contributed by atoms with Gasteiger partial charge in [-0.1, -0.05) is 26.8 Å². The summed E-state index contributed by atoms with van der Waals surface area (Å²) in [7, 11) is 0. The number of hydrogen-bond donors (Lipinski definition) is 3. The normalized spacial score (nSPS) is 11.4. The Morgan fingerprint density at radius 1 is 1.25 bits per heavy atom. The predicted molar refractivity (Wildman–Crippen MR) is 85.2 cm³/mol. The van der Waals surface area contributed by atoms with Gasteiger partial charge in [0.15, 0.2) is 0 Å². The van der Waals surface area contributed by atoms with Crippen molar-refractivity contribution in [3.63, 3.8) is 0 Å². The van der Waals surface area contributed by atoms with Gasteiger partial charge in [-0.2, -0.15) is 0 Å². The van der Waals surface area contributed by atoms with Crippen LogP contribution in [-0.4, -0.2) is 24.9 Å². The zero-order valence-corrected chi connectivity index (χ0v) is 12.9. The fourth-order valence-corrected chi connectivity index (χ4v) is 2.10. The van der Waals surface area contributed by atoms with Crippen LogP contribution in [0.1, 0.15) is 40.0 Å². The smallest absolute Gasteiger partial charge is 0.144 e. The number of aliphatic hydroxyl groups is 1. The van der Waals surface area contributed by atoms with E-state index in [0.29, 0.717) is 18.8 Å². The lowest BCUT2D eigenvalue weighted by molar-refractivity contribution is 0.127. The summed E-state index contributed by atoms with van der Waals surface area (Å²) in [5.41, 5.74) is 7.55. The van der Waals surface area contributed by atoms with E-state index in [9.17, 15) is 5.11 Å². The first-order valence-electron chi connectivity index (χ1n) is 7.48. The van der Waals surface area contributed by atoms with Gasteiger partial charge in [0, 0.05) is 12.0 Å². The van der Waals surface area contributed by atoms with Crippen molar-refractivity contribution in [2.24, 2.45) is 5.41 Å². The molecule has 0 aromatic heterocycles. The van der Waals surface area contributed by atoms with Crippen LogP contribution in [0.2, 0.25) is 0 Å². The Morgan fingerprint density at radius 3 is 2.50 bits per heavy atom. The van der Waals surface area contributed by atoms with Crippen LogP contribution in [0.5, 0.6) is 5.75 Å². The molecule has 0 saturated heterocycles. The van der Waals surface area contributed by atoms with Crippen molar-refractivity contribution < 1.29 is 9.84 Å². The topological polar surface area (TPSA) is 67.5 Å². The molecule has 0 atom stereocenters. The molecule has 114 valence electrons. The van der Waals surface area contributed by atoms with E-state index in [-0.39, 0.29) is 12.0 Å². The molecule has 4 heteroatoms. The van der Waals surface area contributed by atoms with Crippen molar-refractivity contribution in [1.29, 1.82) is 0 Å². The quantitative estimate of drug-likeness (QED) is 0.607. The zero-order chi connectivity index (χ0) is 15.0. The zero-order valence-electron chi connectivity index (χ0n) is 12.9. The minimum atomic E-state index is -0.0906. The number of nitrogens with two attached hydrogens (primary N) is 1. The number of aliphatic hydroxyl groups excluding tert-OH is 1. The van der Waals surface area contributed by atoms with Crippen LogP contribution in [-0.2, 0) is 0 Å². The molecule has 1 rings (SSSR count). The first kappa shape index (κ1) is 16.6. The summed E-state index contributed by atoms with van der Waals surface area (Å²) in [5.74, 6) is 0.722. The maximum Gasteiger partial charge on any atom is 0.144 e. The number of nitrogens with one attached hydrogen (secondary N) is 1. The maximum atomic E-state index is 9.60. The highest BCUT2D eigenvalue weighted by atomic mass is 16.5. The molecular formula is C16H28N2O2. The first-order valence-corrected chi connectivity index (χ1v) is 7.48. The van der Waals surface area contributed by atoms with Crippen molar-refractivity contribution in [1.82, 2.24) is 0 Å². The summed E-state index contributed by atoms with van der Waals surface area (Å²) in [5, 5.41) is 13.0. The molecule has 0 amide bonds. The lowest BCUT2D eigenvalue weighted by atomic mass is 9.83. The number of rotatable bonds is 9. The Balaban J connectivity index is 2.77. The van der Waals surface area contributed by atoms with Gasteiger partial charge in [-0.3, -0.25) is 0 Å². The third-order valence-electron chi connectivity index (χ3n) is 4.02. The SMILES string of the molecule is CCCOc1cccc(NCC(CC)(CC)CO)c1N. The number of benzene rings is 1. The van der Waals surface area contributed by atoms with Gasteiger partial charge in [-0.25, -0.2) is 0 Å². The average molecular weight is 280 g/mol. The molecule has 20 heavy (non-hydrogen) atoms. The van der Waals surface area contributed by atoms with Gasteiger partial charge in [0.25, 0.3) is 0 Å². The molecule has 0 bridgehead atoms. The van der Waals surface area contributed by atoms with E-state index in [1.165, 1.54) is 0 Å². The van der Waals surface area contributed by atoms with E-state index in [2.05, 4.69) is 26.1 Å². The Morgan fingerprint density at radius 2 is 1.95 bits per heavy atom. The second kappa shape index (κ2) is 8.00. The van der Waals surface area contributed by atoms with Gasteiger partial charge in [0.05, 0.1) is 24.6 Å². The number of nitrogen functional groups attached to an aromatic ring is 1. The predicted octanol–water partition coefficient (Wildman–Crippen LogP) is 3.27. The van der Waals surface area contributed by atoms with E-state index < -0.39 is 0 Å². The van der Waals surface area contributed by atoms with E-state index in [0.717, 1.165) is 30.7 Å². The van der Waals surface area contributed by atoms with E-state index in [4.69, 9.17) is 10.5 Å². The minimum Gasteiger partial charge on any atom is -0.491 e. The van der Waals surface area contributed by atoms with Crippen molar-refractivity contribution in [2.75, 3.05) is 30.8 Å². The monoisotopic (exact) mass is 280 g/mol. The van der Waals surface area contributed by atoms with Gasteiger partial charge in [0.1, 0.15) is 5.75 Å². The molecule has 1 aromatic carbocycles. The summed E-state index contributed by atoms with van der Waals surface area (Å²) >= 11 is 0. The molecule has 1 aromatic rings. The molecule has 0 saturated carbocycles.